The molecule has 0 radical (unpaired) electrons. The van der Waals surface area contributed by atoms with Crippen molar-refractivity contribution in [2.45, 2.75) is 19.4 Å². The number of carbonyl (C=O) groups is 1. The molecule has 0 N–H and O–H groups in total. The molecular weight excluding hydrogens is 194 g/mol. The van der Waals surface area contributed by atoms with Crippen LogP contribution in [-0.2, 0) is 14.3 Å². The van der Waals surface area contributed by atoms with Crippen molar-refractivity contribution in [3.63, 3.8) is 0 Å². The van der Waals surface area contributed by atoms with Crippen LogP contribution in [0.5, 0.6) is 0 Å². The highest BCUT2D eigenvalue weighted by molar-refractivity contribution is 5.86. The fraction of sp³-hybridized carbons (Fsp3) is 0.727. The van der Waals surface area contributed by atoms with Gasteiger partial charge in [0.1, 0.15) is 5.60 Å². The van der Waals surface area contributed by atoms with Crippen molar-refractivity contribution >= 4 is 5.97 Å². The molecule has 15 heavy (non-hydrogen) atoms. The molecule has 1 saturated heterocycles. The number of morpholine rings is 1. The first-order valence-corrected chi connectivity index (χ1v) is 5.32. The van der Waals surface area contributed by atoms with Gasteiger partial charge in [0.2, 0.25) is 0 Å². The maximum Gasteiger partial charge on any atom is 0.331 e. The third-order valence-corrected chi connectivity index (χ3v) is 3.12. The molecule has 4 nitrogen and oxygen atoms in total. The smallest absolute Gasteiger partial charge is 0.331 e. The van der Waals surface area contributed by atoms with Crippen molar-refractivity contribution in [2.24, 2.45) is 0 Å². The third kappa shape index (κ3) is 2.21. The lowest BCUT2D eigenvalue weighted by molar-refractivity contribution is -0.146. The van der Waals surface area contributed by atoms with E-state index < -0.39 is 5.60 Å². The Bertz CT molecular complexity index is 294. The Balaban J connectivity index is 1.98. The summed E-state index contributed by atoms with van der Waals surface area (Å²) in [6.07, 6.45) is 1.58. The van der Waals surface area contributed by atoms with Gasteiger partial charge in [0.05, 0.1) is 13.2 Å². The average molecular weight is 211 g/mol. The average Bonchev–Trinajstić information content (AvgIpc) is 2.41. The summed E-state index contributed by atoms with van der Waals surface area (Å²) >= 11 is 0. The SMILES string of the molecule is CC1=CC(=O)OC1(C)CN1CCOCC1. The van der Waals surface area contributed by atoms with Gasteiger partial charge in [0, 0.05) is 25.7 Å². The lowest BCUT2D eigenvalue weighted by Crippen LogP contribution is -2.46. The maximum absolute atomic E-state index is 11.2. The number of carbonyl (C=O) groups excluding carboxylic acids is 1. The zero-order valence-electron chi connectivity index (χ0n) is 9.28. The summed E-state index contributed by atoms with van der Waals surface area (Å²) in [5, 5.41) is 0. The first kappa shape index (κ1) is 10.6. The molecule has 2 heterocycles. The minimum atomic E-state index is -0.436. The molecule has 0 spiro atoms. The standard InChI is InChI=1S/C11H17NO3/c1-9-7-10(13)15-11(9,2)8-12-3-5-14-6-4-12/h7H,3-6,8H2,1-2H3. The monoisotopic (exact) mass is 211 g/mol. The first-order chi connectivity index (χ1) is 7.10. The highest BCUT2D eigenvalue weighted by Crippen LogP contribution is 2.28. The number of esters is 1. The fourth-order valence-corrected chi connectivity index (χ4v) is 2.00. The molecule has 1 fully saturated rings. The van der Waals surface area contributed by atoms with Gasteiger partial charge in [-0.05, 0) is 19.4 Å². The summed E-state index contributed by atoms with van der Waals surface area (Å²) in [6.45, 7) is 8.06. The Labute approximate surface area is 89.8 Å². The van der Waals surface area contributed by atoms with E-state index in [0.717, 1.165) is 38.4 Å². The van der Waals surface area contributed by atoms with E-state index >= 15 is 0 Å². The van der Waals surface area contributed by atoms with Crippen LogP contribution < -0.4 is 0 Å². The van der Waals surface area contributed by atoms with Crippen LogP contribution in [0.25, 0.3) is 0 Å². The second kappa shape index (κ2) is 3.94. The van der Waals surface area contributed by atoms with Crippen LogP contribution in [0, 0.1) is 0 Å². The van der Waals surface area contributed by atoms with E-state index in [0.29, 0.717) is 0 Å². The van der Waals surface area contributed by atoms with Gasteiger partial charge in [-0.25, -0.2) is 4.79 Å². The van der Waals surface area contributed by atoms with Crippen molar-refractivity contribution in [1.29, 1.82) is 0 Å². The minimum Gasteiger partial charge on any atom is -0.450 e. The molecule has 0 saturated carbocycles. The molecule has 2 aliphatic rings. The predicted molar refractivity (Wildman–Crippen MR) is 55.5 cm³/mol. The molecule has 0 bridgehead atoms. The quantitative estimate of drug-likeness (QED) is 0.626. The van der Waals surface area contributed by atoms with Gasteiger partial charge in [-0.15, -0.1) is 0 Å². The Kier molecular flexibility index (Phi) is 2.80. The third-order valence-electron chi connectivity index (χ3n) is 3.12. The van der Waals surface area contributed by atoms with E-state index in [-0.39, 0.29) is 5.97 Å². The van der Waals surface area contributed by atoms with Gasteiger partial charge in [-0.2, -0.15) is 0 Å². The highest BCUT2D eigenvalue weighted by Gasteiger charge is 2.37. The molecule has 0 aromatic rings. The second-order valence-corrected chi connectivity index (χ2v) is 4.37. The summed E-state index contributed by atoms with van der Waals surface area (Å²) in [4.78, 5) is 13.4. The Hall–Kier alpha value is -0.870. The Morgan fingerprint density at radius 2 is 2.13 bits per heavy atom. The van der Waals surface area contributed by atoms with E-state index in [1.54, 1.807) is 6.08 Å². The number of hydrogen-bond acceptors (Lipinski definition) is 4. The van der Waals surface area contributed by atoms with Gasteiger partial charge in [-0.3, -0.25) is 4.90 Å². The van der Waals surface area contributed by atoms with Gasteiger partial charge in [0.25, 0.3) is 0 Å². The number of cyclic esters (lactones) is 1. The molecule has 2 aliphatic heterocycles. The highest BCUT2D eigenvalue weighted by atomic mass is 16.6. The van der Waals surface area contributed by atoms with Gasteiger partial charge in [-0.1, -0.05) is 0 Å². The van der Waals surface area contributed by atoms with Crippen molar-refractivity contribution in [3.8, 4) is 0 Å². The van der Waals surface area contributed by atoms with Crippen LogP contribution in [-0.4, -0.2) is 49.3 Å². The van der Waals surface area contributed by atoms with Crippen LogP contribution >= 0.6 is 0 Å². The molecule has 1 atom stereocenters. The first-order valence-electron chi connectivity index (χ1n) is 5.32. The van der Waals surface area contributed by atoms with Crippen LogP contribution in [0.1, 0.15) is 13.8 Å². The fourth-order valence-electron chi connectivity index (χ4n) is 2.00. The van der Waals surface area contributed by atoms with E-state index in [1.807, 2.05) is 13.8 Å². The van der Waals surface area contributed by atoms with Crippen LogP contribution in [0.3, 0.4) is 0 Å². The lowest BCUT2D eigenvalue weighted by Gasteiger charge is -2.34. The summed E-state index contributed by atoms with van der Waals surface area (Å²) in [5.41, 5.74) is 0.577. The van der Waals surface area contributed by atoms with E-state index in [9.17, 15) is 4.79 Å². The zero-order chi connectivity index (χ0) is 10.9. The minimum absolute atomic E-state index is 0.219. The summed E-state index contributed by atoms with van der Waals surface area (Å²) in [6, 6.07) is 0. The maximum atomic E-state index is 11.2. The van der Waals surface area contributed by atoms with Gasteiger partial charge < -0.3 is 9.47 Å². The second-order valence-electron chi connectivity index (χ2n) is 4.37. The van der Waals surface area contributed by atoms with E-state index in [4.69, 9.17) is 9.47 Å². The van der Waals surface area contributed by atoms with Crippen LogP contribution in [0.4, 0.5) is 0 Å². The Morgan fingerprint density at radius 1 is 1.47 bits per heavy atom. The summed E-state index contributed by atoms with van der Waals surface area (Å²) < 4.78 is 10.6. The molecule has 2 rings (SSSR count). The summed E-state index contributed by atoms with van der Waals surface area (Å²) in [7, 11) is 0. The molecule has 0 amide bonds. The normalized spacial score (nSPS) is 32.7. The van der Waals surface area contributed by atoms with Gasteiger partial charge in [0.15, 0.2) is 0 Å². The molecular formula is C11H17NO3. The van der Waals surface area contributed by atoms with Crippen molar-refractivity contribution in [1.82, 2.24) is 4.90 Å². The zero-order valence-corrected chi connectivity index (χ0v) is 9.28. The van der Waals surface area contributed by atoms with Gasteiger partial charge >= 0.3 is 5.97 Å². The number of nitrogens with zero attached hydrogens (tertiary/aromatic N) is 1. The summed E-state index contributed by atoms with van der Waals surface area (Å²) in [5.74, 6) is -0.219. The lowest BCUT2D eigenvalue weighted by atomic mass is 9.98. The van der Waals surface area contributed by atoms with E-state index in [2.05, 4.69) is 4.90 Å². The molecule has 0 aromatic carbocycles. The molecule has 1 unspecified atom stereocenters. The molecule has 0 aliphatic carbocycles. The van der Waals surface area contributed by atoms with Crippen LogP contribution in [0.2, 0.25) is 0 Å². The predicted octanol–water partition coefficient (Wildman–Crippen LogP) is 0.580. The largest absolute Gasteiger partial charge is 0.450 e. The van der Waals surface area contributed by atoms with E-state index in [1.165, 1.54) is 0 Å². The molecule has 4 heteroatoms. The van der Waals surface area contributed by atoms with Crippen molar-refractivity contribution in [3.05, 3.63) is 11.6 Å². The molecule has 0 aromatic heterocycles. The number of ether oxygens (including phenoxy) is 2. The molecule has 84 valence electrons. The van der Waals surface area contributed by atoms with Crippen LogP contribution in [0.15, 0.2) is 11.6 Å². The van der Waals surface area contributed by atoms with Crippen molar-refractivity contribution < 1.29 is 14.3 Å². The van der Waals surface area contributed by atoms with Crippen molar-refractivity contribution in [2.75, 3.05) is 32.8 Å². The Morgan fingerprint density at radius 3 is 2.67 bits per heavy atom. The topological polar surface area (TPSA) is 38.8 Å². The number of rotatable bonds is 2. The number of hydrogen-bond donors (Lipinski definition) is 0.